The predicted molar refractivity (Wildman–Crippen MR) is 148 cm³/mol. The van der Waals surface area contributed by atoms with Crippen molar-refractivity contribution in [1.82, 2.24) is 0 Å². The Balaban J connectivity index is 1.85. The number of allylic oxidation sites excluding steroid dienone is 4. The molecule has 4 rings (SSSR count). The van der Waals surface area contributed by atoms with Crippen molar-refractivity contribution >= 4 is 17.5 Å². The molecular formula is C33H47NO4. The average Bonchev–Trinajstić information content (AvgIpc) is 2.82. The summed E-state index contributed by atoms with van der Waals surface area (Å²) in [4.78, 5) is 39.3. The summed E-state index contributed by atoms with van der Waals surface area (Å²) >= 11 is 0. The predicted octanol–water partition coefficient (Wildman–Crippen LogP) is 7.16. The third-order valence-electron chi connectivity index (χ3n) is 12.0. The first kappa shape index (κ1) is 28.8. The molecule has 4 aliphatic carbocycles. The monoisotopic (exact) mass is 521 g/mol. The van der Waals surface area contributed by atoms with Crippen LogP contribution >= 0.6 is 0 Å². The van der Waals surface area contributed by atoms with Crippen molar-refractivity contribution in [2.24, 2.45) is 44.3 Å². The summed E-state index contributed by atoms with van der Waals surface area (Å²) in [6, 6.07) is 2.18. The van der Waals surface area contributed by atoms with E-state index in [1.807, 2.05) is 26.0 Å². The fraction of sp³-hybridized carbons (Fsp3) is 0.758. The van der Waals surface area contributed by atoms with Gasteiger partial charge in [0.25, 0.3) is 0 Å². The van der Waals surface area contributed by atoms with Gasteiger partial charge in [0, 0.05) is 10.8 Å². The quantitative estimate of drug-likeness (QED) is 0.291. The molecule has 5 nitrogen and oxygen atoms in total. The zero-order valence-corrected chi connectivity index (χ0v) is 25.0. The van der Waals surface area contributed by atoms with Crippen molar-refractivity contribution in [2.75, 3.05) is 7.11 Å². The number of hydrogen-bond donors (Lipinski definition) is 0. The van der Waals surface area contributed by atoms with Gasteiger partial charge in [0.15, 0.2) is 11.6 Å². The fourth-order valence-electron chi connectivity index (χ4n) is 9.58. The highest BCUT2D eigenvalue weighted by atomic mass is 16.5. The lowest BCUT2D eigenvalue weighted by Crippen LogP contribution is -2.59. The van der Waals surface area contributed by atoms with Crippen LogP contribution in [0.5, 0.6) is 0 Å². The Kier molecular flexibility index (Phi) is 6.74. The normalized spacial score (nSPS) is 42.8. The molecule has 0 aromatic rings. The maximum atomic E-state index is 13.3. The van der Waals surface area contributed by atoms with Gasteiger partial charge in [0.05, 0.1) is 18.1 Å². The topological polar surface area (TPSA) is 84.2 Å². The maximum absolute atomic E-state index is 13.3. The Labute approximate surface area is 229 Å². The zero-order valence-electron chi connectivity index (χ0n) is 25.0. The van der Waals surface area contributed by atoms with E-state index in [9.17, 15) is 19.6 Å². The molecule has 0 heterocycles. The van der Waals surface area contributed by atoms with Crippen LogP contribution in [0, 0.1) is 55.7 Å². The number of carbonyl (C=O) groups excluding carboxylic acids is 3. The highest BCUT2D eigenvalue weighted by molar-refractivity contribution is 6.04. The third-order valence-corrected chi connectivity index (χ3v) is 12.0. The first-order valence-corrected chi connectivity index (χ1v) is 14.4. The molecule has 0 saturated heterocycles. The van der Waals surface area contributed by atoms with Gasteiger partial charge in [-0.2, -0.15) is 5.26 Å². The van der Waals surface area contributed by atoms with Crippen molar-refractivity contribution in [3.8, 4) is 6.07 Å². The standard InChI is InChI=1S/C33H47NO4/c1-21(35)16-25-31(7)17-22(20-34)26(36)29(4,5)24(31)10-11-32(25,8)30(6)13-15-33(27(37)38-9)14-12-28(2,3)18-23(33)19-30/h16-17,23-24H,10-15,18-19H2,1-9H3/b25-16-/t23?,24-,30+,31-,32+,33-/m0/s1. The summed E-state index contributed by atoms with van der Waals surface area (Å²) < 4.78 is 5.41. The minimum Gasteiger partial charge on any atom is -0.469 e. The number of hydrogen-bond acceptors (Lipinski definition) is 5. The second-order valence-corrected chi connectivity index (χ2v) is 15.1. The Morgan fingerprint density at radius 3 is 2.21 bits per heavy atom. The number of ether oxygens (including phenoxy) is 1. The smallest absolute Gasteiger partial charge is 0.312 e. The van der Waals surface area contributed by atoms with Crippen molar-refractivity contribution in [3.05, 3.63) is 23.3 Å². The van der Waals surface area contributed by atoms with Crippen LogP contribution in [0.1, 0.15) is 107 Å². The van der Waals surface area contributed by atoms with Crippen LogP contribution < -0.4 is 0 Å². The van der Waals surface area contributed by atoms with Crippen molar-refractivity contribution in [3.63, 3.8) is 0 Å². The first-order valence-electron chi connectivity index (χ1n) is 14.4. The number of Topliss-reactive ketones (excluding diaryl/α,β-unsaturated/α-hetero) is 1. The fourth-order valence-corrected chi connectivity index (χ4v) is 9.58. The van der Waals surface area contributed by atoms with Crippen LogP contribution in [0.3, 0.4) is 0 Å². The van der Waals surface area contributed by atoms with Crippen molar-refractivity contribution < 1.29 is 19.1 Å². The molecule has 0 aromatic carbocycles. The lowest BCUT2D eigenvalue weighted by atomic mass is 9.38. The number of nitriles is 1. The lowest BCUT2D eigenvalue weighted by Gasteiger charge is -2.65. The average molecular weight is 522 g/mol. The molecule has 4 aliphatic rings. The van der Waals surface area contributed by atoms with Crippen LogP contribution in [0.4, 0.5) is 0 Å². The van der Waals surface area contributed by atoms with Gasteiger partial charge in [-0.25, -0.2) is 0 Å². The first-order chi connectivity index (χ1) is 17.4. The molecule has 6 atom stereocenters. The number of methoxy groups -OCH3 is 1. The van der Waals surface area contributed by atoms with Crippen molar-refractivity contribution in [2.45, 2.75) is 107 Å². The number of rotatable bonds is 3. The number of carbonyl (C=O) groups is 3. The van der Waals surface area contributed by atoms with Crippen LogP contribution in [-0.4, -0.2) is 24.6 Å². The van der Waals surface area contributed by atoms with Gasteiger partial charge in [-0.3, -0.25) is 14.4 Å². The second kappa shape index (κ2) is 8.90. The molecule has 1 unspecified atom stereocenters. The summed E-state index contributed by atoms with van der Waals surface area (Å²) in [7, 11) is 1.52. The molecule has 0 N–H and O–H groups in total. The van der Waals surface area contributed by atoms with E-state index in [1.165, 1.54) is 7.11 Å². The highest BCUT2D eigenvalue weighted by Gasteiger charge is 2.65. The van der Waals surface area contributed by atoms with Gasteiger partial charge in [0.1, 0.15) is 6.07 Å². The van der Waals surface area contributed by atoms with E-state index >= 15 is 0 Å². The van der Waals surface area contributed by atoms with Gasteiger partial charge >= 0.3 is 5.97 Å². The van der Waals surface area contributed by atoms with E-state index in [0.717, 1.165) is 56.9 Å². The van der Waals surface area contributed by atoms with Crippen LogP contribution in [0.15, 0.2) is 23.3 Å². The Hall–Kier alpha value is -2.22. The molecule has 0 aromatic heterocycles. The van der Waals surface area contributed by atoms with Crippen molar-refractivity contribution in [1.29, 1.82) is 5.26 Å². The largest absolute Gasteiger partial charge is 0.469 e. The molecule has 38 heavy (non-hydrogen) atoms. The number of ketones is 2. The minimum absolute atomic E-state index is 0.00293. The van der Waals surface area contributed by atoms with Crippen LogP contribution in [0.2, 0.25) is 0 Å². The van der Waals surface area contributed by atoms with E-state index < -0.39 is 16.2 Å². The second-order valence-electron chi connectivity index (χ2n) is 15.1. The number of nitrogens with zero attached hydrogens (tertiary/aromatic N) is 1. The molecule has 0 aliphatic heterocycles. The summed E-state index contributed by atoms with van der Waals surface area (Å²) in [5, 5.41) is 9.91. The molecule has 0 radical (unpaired) electrons. The van der Waals surface area contributed by atoms with Gasteiger partial charge < -0.3 is 4.74 Å². The van der Waals surface area contributed by atoms with E-state index in [0.29, 0.717) is 0 Å². The van der Waals surface area contributed by atoms with Gasteiger partial charge in [0.2, 0.25) is 0 Å². The molecular weight excluding hydrogens is 474 g/mol. The number of fused-ring (bicyclic) bond motifs is 2. The Morgan fingerprint density at radius 2 is 1.63 bits per heavy atom. The SMILES string of the molecule is COC(=O)[C@]12CCC(C)(C)CC1C[C@](C)([C@]1(C)CC[C@H]3C(C)(C)C(=O)C(C#N)=C[C@]3(C)/C1=C/C(C)=O)CC2. The molecule has 208 valence electrons. The molecule has 0 spiro atoms. The molecule has 0 amide bonds. The van der Waals surface area contributed by atoms with E-state index in [-0.39, 0.29) is 51.2 Å². The van der Waals surface area contributed by atoms with E-state index in [4.69, 9.17) is 4.74 Å². The Morgan fingerprint density at radius 1 is 1.00 bits per heavy atom. The van der Waals surface area contributed by atoms with Crippen LogP contribution in [-0.2, 0) is 19.1 Å². The van der Waals surface area contributed by atoms with Gasteiger partial charge in [-0.1, -0.05) is 60.1 Å². The van der Waals surface area contributed by atoms with E-state index in [2.05, 4.69) is 40.7 Å². The van der Waals surface area contributed by atoms with E-state index in [1.54, 1.807) is 6.92 Å². The number of esters is 1. The lowest BCUT2D eigenvalue weighted by molar-refractivity contribution is -0.174. The summed E-state index contributed by atoms with van der Waals surface area (Å²) in [6.45, 7) is 17.0. The summed E-state index contributed by atoms with van der Waals surface area (Å²) in [5.41, 5.74) is -0.726. The van der Waals surface area contributed by atoms with Gasteiger partial charge in [-0.05, 0) is 92.4 Å². The highest BCUT2D eigenvalue weighted by Crippen LogP contribution is 2.71. The summed E-state index contributed by atoms with van der Waals surface area (Å²) in [6.07, 6.45) is 10.9. The third kappa shape index (κ3) is 3.96. The Bertz CT molecular complexity index is 1170. The minimum atomic E-state index is -0.688. The zero-order chi connectivity index (χ0) is 28.5. The van der Waals surface area contributed by atoms with Gasteiger partial charge in [-0.15, -0.1) is 0 Å². The molecule has 3 fully saturated rings. The molecule has 5 heteroatoms. The molecule has 0 bridgehead atoms. The van der Waals surface area contributed by atoms with Crippen LogP contribution in [0.25, 0.3) is 0 Å². The summed E-state index contributed by atoms with van der Waals surface area (Å²) in [5.74, 6) is 0.0666. The maximum Gasteiger partial charge on any atom is 0.312 e. The molecule has 3 saturated carbocycles.